The van der Waals surface area contributed by atoms with Crippen LogP contribution < -0.4 is 0 Å². The number of rotatable bonds is 4. The molecule has 1 saturated heterocycles. The van der Waals surface area contributed by atoms with Crippen LogP contribution in [-0.2, 0) is 22.9 Å². The highest BCUT2D eigenvalue weighted by Crippen LogP contribution is 2.61. The van der Waals surface area contributed by atoms with Gasteiger partial charge in [0.25, 0.3) is 0 Å². The molecule has 0 radical (unpaired) electrons. The molecule has 0 N–H and O–H groups in total. The first-order chi connectivity index (χ1) is 6.88. The van der Waals surface area contributed by atoms with E-state index < -0.39 is 19.5 Å². The molecule has 15 heavy (non-hydrogen) atoms. The summed E-state index contributed by atoms with van der Waals surface area (Å²) in [6.45, 7) is 4.95. The summed E-state index contributed by atoms with van der Waals surface area (Å²) < 4.78 is 26.8. The van der Waals surface area contributed by atoms with Crippen LogP contribution in [0.25, 0.3) is 0 Å². The maximum atomic E-state index is 11.8. The Hall–Kier alpha value is -0.220. The molecule has 1 aliphatic heterocycles. The van der Waals surface area contributed by atoms with E-state index in [-0.39, 0.29) is 5.78 Å². The number of phosphoric acid groups is 1. The van der Waals surface area contributed by atoms with Gasteiger partial charge in [0.05, 0.1) is 0 Å². The molecule has 0 spiro atoms. The van der Waals surface area contributed by atoms with Crippen LogP contribution >= 0.6 is 7.82 Å². The van der Waals surface area contributed by atoms with Gasteiger partial charge in [-0.05, 0) is 20.3 Å². The second-order valence-corrected chi connectivity index (χ2v) is 5.42. The van der Waals surface area contributed by atoms with E-state index in [1.54, 1.807) is 6.92 Å². The molecule has 5 nitrogen and oxygen atoms in total. The van der Waals surface area contributed by atoms with Crippen molar-refractivity contribution in [1.82, 2.24) is 0 Å². The van der Waals surface area contributed by atoms with E-state index in [2.05, 4.69) is 4.52 Å². The summed E-state index contributed by atoms with van der Waals surface area (Å²) in [4.78, 5) is 11.5. The number of carbonyl (C=O) groups is 1. The third-order valence-corrected chi connectivity index (χ3v) is 4.21. The minimum absolute atomic E-state index is 0.198. The monoisotopic (exact) mass is 236 g/mol. The summed E-state index contributed by atoms with van der Waals surface area (Å²) >= 11 is 0. The van der Waals surface area contributed by atoms with E-state index >= 15 is 0 Å². The molecule has 0 aromatic rings. The van der Waals surface area contributed by atoms with Crippen LogP contribution in [-0.4, -0.2) is 24.6 Å². The number of ketones is 1. The standard InChI is InChI=1S/C9H17O5P/c1-5-6-8-9(3,7(2)10)14-15(11,12-4)13-8/h8H,5-6H2,1-4H3. The van der Waals surface area contributed by atoms with Crippen LogP contribution in [0.3, 0.4) is 0 Å². The minimum Gasteiger partial charge on any atom is -0.297 e. The summed E-state index contributed by atoms with van der Waals surface area (Å²) in [5.41, 5.74) is -1.15. The van der Waals surface area contributed by atoms with E-state index in [0.29, 0.717) is 6.42 Å². The Morgan fingerprint density at radius 2 is 2.20 bits per heavy atom. The molecule has 0 aromatic carbocycles. The third kappa shape index (κ3) is 2.31. The van der Waals surface area contributed by atoms with Crippen molar-refractivity contribution in [2.75, 3.05) is 7.11 Å². The second kappa shape index (κ2) is 4.34. The Balaban J connectivity index is 2.95. The van der Waals surface area contributed by atoms with Crippen molar-refractivity contribution in [2.45, 2.75) is 45.3 Å². The highest BCUT2D eigenvalue weighted by atomic mass is 31.2. The number of hydrogen-bond acceptors (Lipinski definition) is 5. The molecule has 6 heteroatoms. The van der Waals surface area contributed by atoms with E-state index in [0.717, 1.165) is 6.42 Å². The van der Waals surface area contributed by atoms with E-state index in [1.807, 2.05) is 6.92 Å². The van der Waals surface area contributed by atoms with Gasteiger partial charge in [0.2, 0.25) is 0 Å². The molecule has 1 aliphatic rings. The zero-order valence-electron chi connectivity index (χ0n) is 9.48. The molecule has 3 atom stereocenters. The zero-order valence-corrected chi connectivity index (χ0v) is 10.4. The Labute approximate surface area is 89.7 Å². The largest absolute Gasteiger partial charge is 0.475 e. The average Bonchev–Trinajstić information content (AvgIpc) is 2.42. The molecule has 1 rings (SSSR count). The van der Waals surface area contributed by atoms with Gasteiger partial charge in [-0.25, -0.2) is 4.57 Å². The van der Waals surface area contributed by atoms with Crippen molar-refractivity contribution in [1.29, 1.82) is 0 Å². The number of phosphoric ester groups is 1. The molecule has 88 valence electrons. The lowest BCUT2D eigenvalue weighted by atomic mass is 9.92. The first kappa shape index (κ1) is 12.8. The zero-order chi connectivity index (χ0) is 11.7. The van der Waals surface area contributed by atoms with Crippen LogP contribution in [0, 0.1) is 0 Å². The van der Waals surface area contributed by atoms with Crippen molar-refractivity contribution in [3.05, 3.63) is 0 Å². The van der Waals surface area contributed by atoms with Crippen molar-refractivity contribution >= 4 is 13.6 Å². The molecular weight excluding hydrogens is 219 g/mol. The summed E-state index contributed by atoms with van der Waals surface area (Å²) in [6.07, 6.45) is 0.940. The molecule has 3 unspecified atom stereocenters. The quantitative estimate of drug-likeness (QED) is 0.701. The van der Waals surface area contributed by atoms with Crippen LogP contribution in [0.2, 0.25) is 0 Å². The number of Topliss-reactive ketones (excluding diaryl/α,β-unsaturated/α-hetero) is 1. The van der Waals surface area contributed by atoms with Gasteiger partial charge >= 0.3 is 7.82 Å². The molecule has 1 heterocycles. The number of hydrogen-bond donors (Lipinski definition) is 0. The van der Waals surface area contributed by atoms with E-state index in [9.17, 15) is 9.36 Å². The lowest BCUT2D eigenvalue weighted by molar-refractivity contribution is -0.133. The first-order valence-corrected chi connectivity index (χ1v) is 6.40. The summed E-state index contributed by atoms with van der Waals surface area (Å²) in [6, 6.07) is 0. The highest BCUT2D eigenvalue weighted by molar-refractivity contribution is 7.48. The molecule has 0 amide bonds. The molecular formula is C9H17O5P. The van der Waals surface area contributed by atoms with Gasteiger partial charge in [-0.1, -0.05) is 13.3 Å². The van der Waals surface area contributed by atoms with Gasteiger partial charge in [-0.2, -0.15) is 0 Å². The maximum Gasteiger partial charge on any atom is 0.475 e. The summed E-state index contributed by atoms with van der Waals surface area (Å²) in [7, 11) is -2.29. The van der Waals surface area contributed by atoms with Crippen LogP contribution in [0.5, 0.6) is 0 Å². The van der Waals surface area contributed by atoms with Crippen molar-refractivity contribution < 1.29 is 22.9 Å². The van der Waals surface area contributed by atoms with Gasteiger partial charge in [-0.15, -0.1) is 0 Å². The van der Waals surface area contributed by atoms with Gasteiger partial charge in [0.1, 0.15) is 6.10 Å². The fourth-order valence-corrected chi connectivity index (χ4v) is 3.06. The Morgan fingerprint density at radius 3 is 2.60 bits per heavy atom. The fourth-order valence-electron chi connectivity index (χ4n) is 1.53. The third-order valence-electron chi connectivity index (χ3n) is 2.65. The Bertz CT molecular complexity index is 303. The molecule has 0 aromatic heterocycles. The highest BCUT2D eigenvalue weighted by Gasteiger charge is 2.55. The minimum atomic E-state index is -3.53. The van der Waals surface area contributed by atoms with Crippen LogP contribution in [0.15, 0.2) is 0 Å². The predicted molar refractivity (Wildman–Crippen MR) is 54.6 cm³/mol. The summed E-state index contributed by atoms with van der Waals surface area (Å²) in [5, 5.41) is 0. The SMILES string of the molecule is CCCC1OP(=O)(OC)OC1(C)C(C)=O. The number of carbonyl (C=O) groups excluding carboxylic acids is 1. The lowest BCUT2D eigenvalue weighted by Gasteiger charge is -2.23. The van der Waals surface area contributed by atoms with Crippen molar-refractivity contribution in [3.8, 4) is 0 Å². The van der Waals surface area contributed by atoms with Crippen LogP contribution in [0.4, 0.5) is 0 Å². The van der Waals surface area contributed by atoms with Crippen molar-refractivity contribution in [2.24, 2.45) is 0 Å². The molecule has 1 fully saturated rings. The lowest BCUT2D eigenvalue weighted by Crippen LogP contribution is -2.43. The van der Waals surface area contributed by atoms with E-state index in [1.165, 1.54) is 14.0 Å². The second-order valence-electron chi connectivity index (χ2n) is 3.77. The predicted octanol–water partition coefficient (Wildman–Crippen LogP) is 2.30. The average molecular weight is 236 g/mol. The maximum absolute atomic E-state index is 11.8. The first-order valence-electron chi connectivity index (χ1n) is 4.94. The van der Waals surface area contributed by atoms with Crippen LogP contribution in [0.1, 0.15) is 33.6 Å². The van der Waals surface area contributed by atoms with Gasteiger partial charge in [0, 0.05) is 7.11 Å². The summed E-state index contributed by atoms with van der Waals surface area (Å²) in [5.74, 6) is -0.198. The van der Waals surface area contributed by atoms with E-state index in [4.69, 9.17) is 9.05 Å². The normalized spacial score (nSPS) is 40.7. The Kier molecular flexibility index (Phi) is 3.71. The van der Waals surface area contributed by atoms with Gasteiger partial charge in [0.15, 0.2) is 11.4 Å². The van der Waals surface area contributed by atoms with Gasteiger partial charge in [-0.3, -0.25) is 18.4 Å². The molecule has 0 saturated carbocycles. The topological polar surface area (TPSA) is 61.8 Å². The fraction of sp³-hybridized carbons (Fsp3) is 0.889. The molecule has 0 aliphatic carbocycles. The van der Waals surface area contributed by atoms with Gasteiger partial charge < -0.3 is 0 Å². The van der Waals surface area contributed by atoms with Crippen molar-refractivity contribution in [3.63, 3.8) is 0 Å². The molecule has 0 bridgehead atoms. The Morgan fingerprint density at radius 1 is 1.60 bits per heavy atom. The smallest absolute Gasteiger partial charge is 0.297 e.